The third kappa shape index (κ3) is 3.15. The maximum Gasteiger partial charge on any atom is 0.180 e. The van der Waals surface area contributed by atoms with E-state index in [0.29, 0.717) is 10.8 Å². The molecule has 112 valence electrons. The first-order valence-electron chi connectivity index (χ1n) is 7.28. The molecule has 0 radical (unpaired) electrons. The Morgan fingerprint density at radius 2 is 2.10 bits per heavy atom. The first-order valence-corrected chi connectivity index (χ1v) is 8.93. The van der Waals surface area contributed by atoms with Crippen molar-refractivity contribution in [3.63, 3.8) is 0 Å². The number of para-hydroxylation sites is 1. The van der Waals surface area contributed by atoms with Crippen LogP contribution in [0.5, 0.6) is 0 Å². The molecule has 0 amide bonds. The molecule has 1 fully saturated rings. The average molecular weight is 296 g/mol. The Balaban J connectivity index is 2.33. The third-order valence-corrected chi connectivity index (χ3v) is 5.90. The van der Waals surface area contributed by atoms with Gasteiger partial charge in [-0.2, -0.15) is 0 Å². The van der Waals surface area contributed by atoms with E-state index < -0.39 is 9.84 Å². The van der Waals surface area contributed by atoms with Gasteiger partial charge in [-0.25, -0.2) is 8.42 Å². The number of nitrogens with two attached hydrogens (primary N) is 1. The SMILES string of the molecule is CCS(=O)(=O)c1ccccc1N1CCCC(C(C)N)C1. The molecule has 2 atom stereocenters. The molecule has 1 aliphatic rings. The number of sulfone groups is 1. The lowest BCUT2D eigenvalue weighted by Crippen LogP contribution is -2.42. The molecule has 0 aromatic heterocycles. The first kappa shape index (κ1) is 15.3. The second-order valence-electron chi connectivity index (χ2n) is 5.58. The van der Waals surface area contributed by atoms with E-state index in [1.165, 1.54) is 0 Å². The standard InChI is InChI=1S/C15H24N2O2S/c1-3-20(18,19)15-9-5-4-8-14(15)17-10-6-7-13(11-17)12(2)16/h4-5,8-9,12-13H,3,6-7,10-11,16H2,1-2H3. The molecule has 1 heterocycles. The Hall–Kier alpha value is -1.07. The van der Waals surface area contributed by atoms with Gasteiger partial charge in [0.2, 0.25) is 0 Å². The fourth-order valence-electron chi connectivity index (χ4n) is 2.79. The van der Waals surface area contributed by atoms with Crippen molar-refractivity contribution >= 4 is 15.5 Å². The summed E-state index contributed by atoms with van der Waals surface area (Å²) in [5.41, 5.74) is 6.85. The Kier molecular flexibility index (Phi) is 4.70. The van der Waals surface area contributed by atoms with Crippen LogP contribution >= 0.6 is 0 Å². The van der Waals surface area contributed by atoms with Crippen LogP contribution in [0.15, 0.2) is 29.2 Å². The van der Waals surface area contributed by atoms with E-state index in [1.54, 1.807) is 19.1 Å². The number of anilines is 1. The number of nitrogens with zero attached hydrogens (tertiary/aromatic N) is 1. The van der Waals surface area contributed by atoms with Gasteiger partial charge in [-0.1, -0.05) is 19.1 Å². The Morgan fingerprint density at radius 3 is 2.75 bits per heavy atom. The molecule has 1 aromatic rings. The Bertz CT molecular complexity index is 555. The van der Waals surface area contributed by atoms with Crippen LogP contribution in [-0.4, -0.2) is 33.3 Å². The van der Waals surface area contributed by atoms with E-state index in [2.05, 4.69) is 4.90 Å². The molecule has 5 heteroatoms. The molecule has 4 nitrogen and oxygen atoms in total. The van der Waals surface area contributed by atoms with Gasteiger partial charge in [0.25, 0.3) is 0 Å². The molecule has 2 unspecified atom stereocenters. The number of piperidine rings is 1. The summed E-state index contributed by atoms with van der Waals surface area (Å²) in [6.07, 6.45) is 2.18. The summed E-state index contributed by atoms with van der Waals surface area (Å²) in [7, 11) is -3.19. The van der Waals surface area contributed by atoms with Crippen molar-refractivity contribution in [2.24, 2.45) is 11.7 Å². The van der Waals surface area contributed by atoms with Crippen molar-refractivity contribution in [2.75, 3.05) is 23.7 Å². The van der Waals surface area contributed by atoms with Gasteiger partial charge in [0.05, 0.1) is 16.3 Å². The summed E-state index contributed by atoms with van der Waals surface area (Å²) in [5, 5.41) is 0. The molecule has 0 bridgehead atoms. The van der Waals surface area contributed by atoms with E-state index in [9.17, 15) is 8.42 Å². The number of hydrogen-bond donors (Lipinski definition) is 1. The summed E-state index contributed by atoms with van der Waals surface area (Å²) >= 11 is 0. The van der Waals surface area contributed by atoms with Crippen LogP contribution in [0.25, 0.3) is 0 Å². The van der Waals surface area contributed by atoms with Gasteiger partial charge >= 0.3 is 0 Å². The first-order chi connectivity index (χ1) is 9.45. The highest BCUT2D eigenvalue weighted by Gasteiger charge is 2.26. The summed E-state index contributed by atoms with van der Waals surface area (Å²) < 4.78 is 24.5. The van der Waals surface area contributed by atoms with Gasteiger partial charge in [-0.15, -0.1) is 0 Å². The zero-order valence-electron chi connectivity index (χ0n) is 12.2. The lowest BCUT2D eigenvalue weighted by atomic mass is 9.92. The van der Waals surface area contributed by atoms with Crippen molar-refractivity contribution in [3.05, 3.63) is 24.3 Å². The van der Waals surface area contributed by atoms with Crippen LogP contribution in [-0.2, 0) is 9.84 Å². The monoisotopic (exact) mass is 296 g/mol. The molecule has 2 rings (SSSR count). The minimum Gasteiger partial charge on any atom is -0.370 e. The van der Waals surface area contributed by atoms with Crippen molar-refractivity contribution in [3.8, 4) is 0 Å². The van der Waals surface area contributed by atoms with Crippen molar-refractivity contribution < 1.29 is 8.42 Å². The summed E-state index contributed by atoms with van der Waals surface area (Å²) in [4.78, 5) is 2.63. The fraction of sp³-hybridized carbons (Fsp3) is 0.600. The number of rotatable bonds is 4. The molecule has 1 aromatic carbocycles. The Morgan fingerprint density at radius 1 is 1.40 bits per heavy atom. The molecule has 20 heavy (non-hydrogen) atoms. The Labute approximate surface area is 121 Å². The smallest absolute Gasteiger partial charge is 0.180 e. The van der Waals surface area contributed by atoms with Gasteiger partial charge in [0.15, 0.2) is 9.84 Å². The van der Waals surface area contributed by atoms with Crippen LogP contribution in [0.2, 0.25) is 0 Å². The van der Waals surface area contributed by atoms with Crippen LogP contribution < -0.4 is 10.6 Å². The largest absolute Gasteiger partial charge is 0.370 e. The lowest BCUT2D eigenvalue weighted by molar-refractivity contribution is 0.363. The van der Waals surface area contributed by atoms with Crippen molar-refractivity contribution in [1.29, 1.82) is 0 Å². The molecule has 2 N–H and O–H groups in total. The topological polar surface area (TPSA) is 63.4 Å². The molecule has 0 saturated carbocycles. The van der Waals surface area contributed by atoms with Crippen LogP contribution in [0.3, 0.4) is 0 Å². The normalized spacial score (nSPS) is 21.8. The highest BCUT2D eigenvalue weighted by Crippen LogP contribution is 2.30. The van der Waals surface area contributed by atoms with Gasteiger partial charge < -0.3 is 10.6 Å². The molecular weight excluding hydrogens is 272 g/mol. The maximum absolute atomic E-state index is 12.2. The van der Waals surface area contributed by atoms with Gasteiger partial charge in [0, 0.05) is 19.1 Å². The minimum absolute atomic E-state index is 0.134. The summed E-state index contributed by atoms with van der Waals surface area (Å²) in [6, 6.07) is 7.46. The van der Waals surface area contributed by atoms with E-state index in [0.717, 1.165) is 31.6 Å². The van der Waals surface area contributed by atoms with Crippen LogP contribution in [0, 0.1) is 5.92 Å². The molecule has 1 saturated heterocycles. The summed E-state index contributed by atoms with van der Waals surface area (Å²) in [5.74, 6) is 0.565. The van der Waals surface area contributed by atoms with Crippen molar-refractivity contribution in [1.82, 2.24) is 0 Å². The van der Waals surface area contributed by atoms with Gasteiger partial charge in [-0.3, -0.25) is 0 Å². The second-order valence-corrected chi connectivity index (χ2v) is 7.83. The van der Waals surface area contributed by atoms with E-state index in [-0.39, 0.29) is 11.8 Å². The van der Waals surface area contributed by atoms with Gasteiger partial charge in [-0.05, 0) is 37.8 Å². The summed E-state index contributed by atoms with van der Waals surface area (Å²) in [6.45, 7) is 5.46. The minimum atomic E-state index is -3.19. The van der Waals surface area contributed by atoms with Gasteiger partial charge in [0.1, 0.15) is 0 Å². The number of benzene rings is 1. The van der Waals surface area contributed by atoms with Crippen LogP contribution in [0.4, 0.5) is 5.69 Å². The molecule has 0 spiro atoms. The fourth-order valence-corrected chi connectivity index (χ4v) is 3.91. The quantitative estimate of drug-likeness (QED) is 0.923. The van der Waals surface area contributed by atoms with E-state index >= 15 is 0 Å². The third-order valence-electron chi connectivity index (χ3n) is 4.12. The molecular formula is C15H24N2O2S. The van der Waals surface area contributed by atoms with Crippen molar-refractivity contribution in [2.45, 2.75) is 37.6 Å². The molecule has 1 aliphatic heterocycles. The lowest BCUT2D eigenvalue weighted by Gasteiger charge is -2.37. The van der Waals surface area contributed by atoms with E-state index in [1.807, 2.05) is 19.1 Å². The molecule has 0 aliphatic carbocycles. The predicted octanol–water partition coefficient (Wildman–Crippen LogP) is 2.04. The van der Waals surface area contributed by atoms with E-state index in [4.69, 9.17) is 5.73 Å². The maximum atomic E-state index is 12.2. The highest BCUT2D eigenvalue weighted by molar-refractivity contribution is 7.91. The second kappa shape index (κ2) is 6.14. The average Bonchev–Trinajstić information content (AvgIpc) is 2.47. The zero-order valence-corrected chi connectivity index (χ0v) is 13.1. The van der Waals surface area contributed by atoms with Crippen LogP contribution in [0.1, 0.15) is 26.7 Å². The number of hydrogen-bond acceptors (Lipinski definition) is 4. The highest BCUT2D eigenvalue weighted by atomic mass is 32.2. The predicted molar refractivity (Wildman–Crippen MR) is 82.8 cm³/mol. The zero-order chi connectivity index (χ0) is 14.8.